The molecule has 0 aromatic carbocycles. The summed E-state index contributed by atoms with van der Waals surface area (Å²) in [5.41, 5.74) is 0. The molecule has 0 spiro atoms. The van der Waals surface area contributed by atoms with E-state index in [0.717, 1.165) is 19.3 Å². The number of rotatable bonds is 4. The average molecular weight is 234 g/mol. The van der Waals surface area contributed by atoms with Crippen molar-refractivity contribution in [3.8, 4) is 0 Å². The summed E-state index contributed by atoms with van der Waals surface area (Å²) < 4.78 is 23.9. The monoisotopic (exact) mass is 234 g/mol. The number of carboxylic acids is 1. The molecule has 15 heavy (non-hydrogen) atoms. The van der Waals surface area contributed by atoms with Crippen LogP contribution >= 0.6 is 0 Å². The second kappa shape index (κ2) is 4.96. The second-order valence-corrected chi connectivity index (χ2v) is 6.91. The van der Waals surface area contributed by atoms with Crippen molar-refractivity contribution in [1.29, 1.82) is 0 Å². The summed E-state index contributed by atoms with van der Waals surface area (Å²) >= 11 is 0. The van der Waals surface area contributed by atoms with Crippen molar-refractivity contribution in [2.75, 3.05) is 0 Å². The van der Waals surface area contributed by atoms with Crippen LogP contribution in [0, 0.1) is 0 Å². The van der Waals surface area contributed by atoms with Gasteiger partial charge in [-0.05, 0) is 19.8 Å². The summed E-state index contributed by atoms with van der Waals surface area (Å²) in [7, 11) is -3.24. The standard InChI is InChI=1S/C10H18O4S/c1-8(7-10(11)12)15(13,14)9-5-3-2-4-6-9/h8-9H,2-7H2,1H3,(H,11,12). The van der Waals surface area contributed by atoms with E-state index in [1.807, 2.05) is 0 Å². The third-order valence-corrected chi connectivity index (χ3v) is 5.73. The van der Waals surface area contributed by atoms with Gasteiger partial charge in [0.15, 0.2) is 9.84 Å². The van der Waals surface area contributed by atoms with E-state index in [0.29, 0.717) is 12.8 Å². The van der Waals surface area contributed by atoms with Crippen LogP contribution in [0.3, 0.4) is 0 Å². The van der Waals surface area contributed by atoms with Crippen LogP contribution in [-0.4, -0.2) is 30.0 Å². The molecule has 0 heterocycles. The SMILES string of the molecule is CC(CC(=O)O)S(=O)(=O)C1CCCCC1. The molecule has 1 rings (SSSR count). The molecular weight excluding hydrogens is 216 g/mol. The highest BCUT2D eigenvalue weighted by molar-refractivity contribution is 7.92. The van der Waals surface area contributed by atoms with E-state index in [2.05, 4.69) is 0 Å². The number of carboxylic acid groups (broad SMARTS) is 1. The van der Waals surface area contributed by atoms with Gasteiger partial charge in [-0.1, -0.05) is 19.3 Å². The summed E-state index contributed by atoms with van der Waals surface area (Å²) in [5.74, 6) is -1.04. The Morgan fingerprint density at radius 3 is 2.33 bits per heavy atom. The van der Waals surface area contributed by atoms with Crippen LogP contribution in [0.4, 0.5) is 0 Å². The first-order valence-corrected chi connectivity index (χ1v) is 7.00. The van der Waals surface area contributed by atoms with E-state index in [9.17, 15) is 13.2 Å². The van der Waals surface area contributed by atoms with E-state index in [-0.39, 0.29) is 11.7 Å². The second-order valence-electron chi connectivity index (χ2n) is 4.26. The Morgan fingerprint density at radius 1 is 1.33 bits per heavy atom. The third-order valence-electron chi connectivity index (χ3n) is 3.04. The molecule has 5 heteroatoms. The van der Waals surface area contributed by atoms with Crippen molar-refractivity contribution in [3.63, 3.8) is 0 Å². The highest BCUT2D eigenvalue weighted by atomic mass is 32.2. The predicted molar refractivity (Wildman–Crippen MR) is 57.5 cm³/mol. The maximum Gasteiger partial charge on any atom is 0.304 e. The molecule has 4 nitrogen and oxygen atoms in total. The zero-order chi connectivity index (χ0) is 11.5. The topological polar surface area (TPSA) is 71.4 Å². The van der Waals surface area contributed by atoms with Gasteiger partial charge in [-0.2, -0.15) is 0 Å². The van der Waals surface area contributed by atoms with E-state index < -0.39 is 21.1 Å². The quantitative estimate of drug-likeness (QED) is 0.802. The van der Waals surface area contributed by atoms with E-state index in [4.69, 9.17) is 5.11 Å². The van der Waals surface area contributed by atoms with E-state index in [1.54, 1.807) is 0 Å². The minimum absolute atomic E-state index is 0.279. The van der Waals surface area contributed by atoms with Crippen molar-refractivity contribution in [2.24, 2.45) is 0 Å². The zero-order valence-corrected chi connectivity index (χ0v) is 9.79. The lowest BCUT2D eigenvalue weighted by Gasteiger charge is -2.24. The maximum atomic E-state index is 12.0. The van der Waals surface area contributed by atoms with Crippen LogP contribution in [0.25, 0.3) is 0 Å². The molecule has 1 atom stereocenters. The van der Waals surface area contributed by atoms with Gasteiger partial charge < -0.3 is 5.11 Å². The Kier molecular flexibility index (Phi) is 4.13. The predicted octanol–water partition coefficient (Wildman–Crippen LogP) is 1.60. The van der Waals surface area contributed by atoms with Crippen molar-refractivity contribution >= 4 is 15.8 Å². The van der Waals surface area contributed by atoms with Crippen molar-refractivity contribution in [1.82, 2.24) is 0 Å². The fourth-order valence-electron chi connectivity index (χ4n) is 2.08. The Balaban J connectivity index is 2.67. The van der Waals surface area contributed by atoms with Crippen LogP contribution in [0.15, 0.2) is 0 Å². The summed E-state index contributed by atoms with van der Waals surface area (Å²) in [6, 6.07) is 0. The maximum absolute atomic E-state index is 12.0. The van der Waals surface area contributed by atoms with Crippen LogP contribution in [0.5, 0.6) is 0 Å². The van der Waals surface area contributed by atoms with Crippen molar-refractivity contribution < 1.29 is 18.3 Å². The first-order valence-electron chi connectivity index (χ1n) is 5.39. The molecule has 0 bridgehead atoms. The molecule has 1 unspecified atom stereocenters. The van der Waals surface area contributed by atoms with E-state index >= 15 is 0 Å². The molecular formula is C10H18O4S. The highest BCUT2D eigenvalue weighted by Crippen LogP contribution is 2.27. The molecule has 0 amide bonds. The van der Waals surface area contributed by atoms with Gasteiger partial charge in [-0.15, -0.1) is 0 Å². The van der Waals surface area contributed by atoms with Crippen LogP contribution in [0.2, 0.25) is 0 Å². The molecule has 0 aromatic rings. The number of sulfone groups is 1. The Morgan fingerprint density at radius 2 is 1.87 bits per heavy atom. The molecule has 1 N–H and O–H groups in total. The minimum atomic E-state index is -3.24. The molecule has 0 aliphatic heterocycles. The lowest BCUT2D eigenvalue weighted by Crippen LogP contribution is -2.33. The minimum Gasteiger partial charge on any atom is -0.481 e. The van der Waals surface area contributed by atoms with Gasteiger partial charge in [0.05, 0.1) is 16.9 Å². The van der Waals surface area contributed by atoms with Gasteiger partial charge in [-0.25, -0.2) is 8.42 Å². The number of carbonyl (C=O) groups is 1. The lowest BCUT2D eigenvalue weighted by atomic mass is 10.0. The molecule has 88 valence electrons. The Hall–Kier alpha value is -0.580. The average Bonchev–Trinajstić information content (AvgIpc) is 2.18. The molecule has 1 aliphatic carbocycles. The largest absolute Gasteiger partial charge is 0.481 e. The fraction of sp³-hybridized carbons (Fsp3) is 0.900. The zero-order valence-electron chi connectivity index (χ0n) is 8.98. The molecule has 0 aromatic heterocycles. The Labute approximate surface area is 90.6 Å². The van der Waals surface area contributed by atoms with Gasteiger partial charge in [0, 0.05) is 0 Å². The normalized spacial score (nSPS) is 21.1. The first-order chi connectivity index (χ1) is 6.94. The number of hydrogen-bond donors (Lipinski definition) is 1. The van der Waals surface area contributed by atoms with Crippen LogP contribution < -0.4 is 0 Å². The summed E-state index contributed by atoms with van der Waals surface area (Å²) in [6.07, 6.45) is 4.12. The van der Waals surface area contributed by atoms with Gasteiger partial charge in [0.25, 0.3) is 0 Å². The first kappa shape index (κ1) is 12.5. The van der Waals surface area contributed by atoms with Crippen LogP contribution in [-0.2, 0) is 14.6 Å². The lowest BCUT2D eigenvalue weighted by molar-refractivity contribution is -0.136. The molecule has 1 fully saturated rings. The molecule has 0 saturated heterocycles. The molecule has 0 radical (unpaired) electrons. The Bertz CT molecular complexity index is 314. The number of aliphatic carboxylic acids is 1. The van der Waals surface area contributed by atoms with Crippen molar-refractivity contribution in [2.45, 2.75) is 55.9 Å². The van der Waals surface area contributed by atoms with Gasteiger partial charge in [0.2, 0.25) is 0 Å². The highest BCUT2D eigenvalue weighted by Gasteiger charge is 2.33. The summed E-state index contributed by atoms with van der Waals surface area (Å²) in [6.45, 7) is 1.50. The smallest absolute Gasteiger partial charge is 0.304 e. The molecule has 1 aliphatic rings. The van der Waals surface area contributed by atoms with Gasteiger partial charge in [-0.3, -0.25) is 4.79 Å². The third kappa shape index (κ3) is 3.19. The van der Waals surface area contributed by atoms with Crippen LogP contribution in [0.1, 0.15) is 45.4 Å². The van der Waals surface area contributed by atoms with Gasteiger partial charge >= 0.3 is 5.97 Å². The summed E-state index contributed by atoms with van der Waals surface area (Å²) in [4.78, 5) is 10.5. The van der Waals surface area contributed by atoms with Gasteiger partial charge in [0.1, 0.15) is 0 Å². The summed E-state index contributed by atoms with van der Waals surface area (Å²) in [5, 5.41) is 7.52. The van der Waals surface area contributed by atoms with E-state index in [1.165, 1.54) is 6.92 Å². The van der Waals surface area contributed by atoms with Crippen molar-refractivity contribution in [3.05, 3.63) is 0 Å². The fourth-order valence-corrected chi connectivity index (χ4v) is 4.11. The molecule has 1 saturated carbocycles. The number of hydrogen-bond acceptors (Lipinski definition) is 3.